The van der Waals surface area contributed by atoms with Crippen molar-refractivity contribution < 1.29 is 28.5 Å². The molecule has 2 heterocycles. The summed E-state index contributed by atoms with van der Waals surface area (Å²) in [5.74, 6) is 1.66. The Bertz CT molecular complexity index is 1870. The summed E-state index contributed by atoms with van der Waals surface area (Å²) in [6.45, 7) is 7.09. The Balaban J connectivity index is 1.53. The van der Waals surface area contributed by atoms with Gasteiger partial charge in [0, 0.05) is 6.20 Å². The molecule has 3 aromatic carbocycles. The summed E-state index contributed by atoms with van der Waals surface area (Å²) in [5, 5.41) is 0. The third-order valence-electron chi connectivity index (χ3n) is 7.01. The van der Waals surface area contributed by atoms with Crippen molar-refractivity contribution in [2.45, 2.75) is 33.4 Å². The molecular weight excluding hydrogens is 580 g/mol. The molecule has 0 bridgehead atoms. The van der Waals surface area contributed by atoms with Gasteiger partial charge in [0.15, 0.2) is 27.8 Å². The van der Waals surface area contributed by atoms with Crippen LogP contribution >= 0.6 is 11.3 Å². The minimum Gasteiger partial charge on any atom is -0.493 e. The number of methoxy groups -OCH3 is 2. The highest BCUT2D eigenvalue weighted by Crippen LogP contribution is 2.35. The molecule has 9 nitrogen and oxygen atoms in total. The molecule has 1 aliphatic rings. The molecular formula is C34H34N2O7S. The van der Waals surface area contributed by atoms with Gasteiger partial charge in [-0.1, -0.05) is 53.3 Å². The number of hydrogen-bond acceptors (Lipinski definition) is 9. The van der Waals surface area contributed by atoms with Crippen LogP contribution in [0.1, 0.15) is 42.1 Å². The second kappa shape index (κ2) is 13.6. The van der Waals surface area contributed by atoms with Crippen LogP contribution in [-0.4, -0.2) is 38.0 Å². The van der Waals surface area contributed by atoms with Crippen LogP contribution in [-0.2, 0) is 16.1 Å². The first-order chi connectivity index (χ1) is 21.4. The highest BCUT2D eigenvalue weighted by Gasteiger charge is 2.31. The fraction of sp³-hybridized carbons (Fsp3) is 0.265. The van der Waals surface area contributed by atoms with Gasteiger partial charge in [0.1, 0.15) is 6.61 Å². The third-order valence-corrected chi connectivity index (χ3v) is 8.01. The van der Waals surface area contributed by atoms with E-state index < -0.39 is 12.0 Å². The largest absolute Gasteiger partial charge is 0.493 e. The van der Waals surface area contributed by atoms with Gasteiger partial charge < -0.3 is 23.7 Å². The molecule has 0 unspecified atom stereocenters. The SMILES string of the molecule is CCOc1ccc([C@@H]2C(C(=O)OC)=CN=c3s/c(=C\c4ccc(OCc5ccc(C)cc5)c(OC)c4)c(=O)n32)cc1OCC. The lowest BCUT2D eigenvalue weighted by Crippen LogP contribution is -2.39. The van der Waals surface area contributed by atoms with Crippen LogP contribution in [0.25, 0.3) is 6.08 Å². The molecule has 1 aromatic heterocycles. The zero-order valence-corrected chi connectivity index (χ0v) is 26.1. The Kier molecular flexibility index (Phi) is 9.50. The van der Waals surface area contributed by atoms with E-state index in [0.717, 1.165) is 11.1 Å². The van der Waals surface area contributed by atoms with Gasteiger partial charge in [-0.3, -0.25) is 9.36 Å². The summed E-state index contributed by atoms with van der Waals surface area (Å²) in [6, 6.07) is 18.3. The maximum Gasteiger partial charge on any atom is 0.337 e. The van der Waals surface area contributed by atoms with Crippen molar-refractivity contribution >= 4 is 23.4 Å². The minimum absolute atomic E-state index is 0.231. The lowest BCUT2D eigenvalue weighted by atomic mass is 9.97. The van der Waals surface area contributed by atoms with Crippen molar-refractivity contribution in [2.24, 2.45) is 4.99 Å². The number of benzene rings is 3. The predicted molar refractivity (Wildman–Crippen MR) is 168 cm³/mol. The Morgan fingerprint density at radius 1 is 0.909 bits per heavy atom. The van der Waals surface area contributed by atoms with E-state index in [1.807, 2.05) is 69.3 Å². The molecule has 228 valence electrons. The van der Waals surface area contributed by atoms with Gasteiger partial charge in [0.25, 0.3) is 5.56 Å². The molecule has 0 saturated carbocycles. The molecule has 4 aromatic rings. The molecule has 0 N–H and O–H groups in total. The van der Waals surface area contributed by atoms with E-state index in [1.54, 1.807) is 25.3 Å². The molecule has 0 spiro atoms. The standard InChI is InChI=1S/C34H34N2O7S/c1-6-41-27-15-13-24(18-29(27)42-7-2)31-25(33(38)40-5)19-35-34-36(31)32(37)30(44-34)17-23-12-14-26(28(16-23)39-4)43-20-22-10-8-21(3)9-11-22/h8-19,31H,6-7,20H2,1-5H3/b30-17-/t31-/m1/s1. The van der Waals surface area contributed by atoms with Gasteiger partial charge in [-0.25, -0.2) is 9.79 Å². The first-order valence-corrected chi connectivity index (χ1v) is 15.0. The number of esters is 1. The van der Waals surface area contributed by atoms with E-state index in [0.29, 0.717) is 57.7 Å². The zero-order valence-electron chi connectivity index (χ0n) is 25.3. The minimum atomic E-state index is -0.775. The number of aryl methyl sites for hydroxylation is 1. The van der Waals surface area contributed by atoms with Gasteiger partial charge in [-0.05, 0) is 67.8 Å². The van der Waals surface area contributed by atoms with E-state index in [-0.39, 0.29) is 11.1 Å². The van der Waals surface area contributed by atoms with E-state index in [9.17, 15) is 9.59 Å². The molecule has 0 amide bonds. The molecule has 0 fully saturated rings. The van der Waals surface area contributed by atoms with Crippen LogP contribution < -0.4 is 33.8 Å². The summed E-state index contributed by atoms with van der Waals surface area (Å²) in [7, 11) is 2.88. The van der Waals surface area contributed by atoms with Gasteiger partial charge in [0.05, 0.1) is 43.6 Å². The highest BCUT2D eigenvalue weighted by atomic mass is 32.1. The zero-order chi connectivity index (χ0) is 31.2. The Morgan fingerprint density at radius 2 is 1.61 bits per heavy atom. The van der Waals surface area contributed by atoms with Gasteiger partial charge in [-0.15, -0.1) is 0 Å². The van der Waals surface area contributed by atoms with Crippen molar-refractivity contribution in [3.05, 3.63) is 114 Å². The number of fused-ring (bicyclic) bond motifs is 1. The Hall–Kier alpha value is -4.83. The summed E-state index contributed by atoms with van der Waals surface area (Å²) >= 11 is 1.23. The molecule has 0 saturated heterocycles. The molecule has 0 radical (unpaired) electrons. The van der Waals surface area contributed by atoms with Gasteiger partial charge in [-0.2, -0.15) is 0 Å². The van der Waals surface area contributed by atoms with Crippen LogP contribution in [0.3, 0.4) is 0 Å². The number of carbonyl (C=O) groups is 1. The second-order valence-electron chi connectivity index (χ2n) is 9.93. The van der Waals surface area contributed by atoms with Crippen molar-refractivity contribution in [1.82, 2.24) is 4.57 Å². The topological polar surface area (TPSA) is 97.6 Å². The lowest BCUT2D eigenvalue weighted by molar-refractivity contribution is -0.136. The number of ether oxygens (including phenoxy) is 5. The van der Waals surface area contributed by atoms with Crippen LogP contribution in [0.15, 0.2) is 82.2 Å². The maximum atomic E-state index is 13.9. The van der Waals surface area contributed by atoms with Crippen molar-refractivity contribution in [3.8, 4) is 23.0 Å². The van der Waals surface area contributed by atoms with Crippen LogP contribution in [0.2, 0.25) is 0 Å². The second-order valence-corrected chi connectivity index (χ2v) is 10.9. The first-order valence-electron chi connectivity index (χ1n) is 14.2. The quantitative estimate of drug-likeness (QED) is 0.226. The maximum absolute atomic E-state index is 13.9. The van der Waals surface area contributed by atoms with E-state index in [2.05, 4.69) is 4.99 Å². The fourth-order valence-electron chi connectivity index (χ4n) is 4.88. The normalized spacial score (nSPS) is 14.2. The first kappa shape index (κ1) is 30.6. The third kappa shape index (κ3) is 6.40. The van der Waals surface area contributed by atoms with Crippen molar-refractivity contribution in [3.63, 3.8) is 0 Å². The van der Waals surface area contributed by atoms with Crippen LogP contribution in [0.5, 0.6) is 23.0 Å². The van der Waals surface area contributed by atoms with Crippen LogP contribution in [0, 0.1) is 6.92 Å². The average molecular weight is 615 g/mol. The van der Waals surface area contributed by atoms with Gasteiger partial charge >= 0.3 is 5.97 Å². The molecule has 10 heteroatoms. The number of thiazole rings is 1. The predicted octanol–water partition coefficient (Wildman–Crippen LogP) is 4.71. The smallest absolute Gasteiger partial charge is 0.337 e. The Labute approximate surface area is 259 Å². The molecule has 1 atom stereocenters. The van der Waals surface area contributed by atoms with Gasteiger partial charge in [0.2, 0.25) is 0 Å². The number of nitrogens with zero attached hydrogens (tertiary/aromatic N) is 2. The van der Waals surface area contributed by atoms with E-state index in [1.165, 1.54) is 34.8 Å². The van der Waals surface area contributed by atoms with E-state index in [4.69, 9.17) is 23.7 Å². The molecule has 0 aliphatic carbocycles. The summed E-state index contributed by atoms with van der Waals surface area (Å²) in [4.78, 5) is 31.7. The molecule has 1 aliphatic heterocycles. The summed E-state index contributed by atoms with van der Waals surface area (Å²) < 4.78 is 30.2. The number of rotatable bonds is 11. The number of aromatic nitrogens is 1. The van der Waals surface area contributed by atoms with Crippen LogP contribution in [0.4, 0.5) is 0 Å². The summed E-state index contributed by atoms with van der Waals surface area (Å²) in [6.07, 6.45) is 3.24. The van der Waals surface area contributed by atoms with E-state index >= 15 is 0 Å². The van der Waals surface area contributed by atoms with Crippen molar-refractivity contribution in [2.75, 3.05) is 27.4 Å². The lowest BCUT2D eigenvalue weighted by Gasteiger charge is -2.23. The average Bonchev–Trinajstić information content (AvgIpc) is 3.35. The Morgan fingerprint density at radius 3 is 2.32 bits per heavy atom. The van der Waals surface area contributed by atoms with Crippen molar-refractivity contribution in [1.29, 1.82) is 0 Å². The number of carbonyl (C=O) groups excluding carboxylic acids is 1. The summed E-state index contributed by atoms with van der Waals surface area (Å²) in [5.41, 5.74) is 3.58. The highest BCUT2D eigenvalue weighted by molar-refractivity contribution is 7.07. The molecule has 44 heavy (non-hydrogen) atoms. The number of hydrogen-bond donors (Lipinski definition) is 0. The fourth-order valence-corrected chi connectivity index (χ4v) is 5.85. The molecule has 5 rings (SSSR count). The monoisotopic (exact) mass is 614 g/mol.